The van der Waals surface area contributed by atoms with E-state index in [0.29, 0.717) is 94.5 Å². The molecule has 0 spiro atoms. The van der Waals surface area contributed by atoms with Gasteiger partial charge in [-0.15, -0.1) is 6.58 Å². The first-order valence-corrected chi connectivity index (χ1v) is 46.0. The number of aliphatic hydroxyl groups is 1. The van der Waals surface area contributed by atoms with Gasteiger partial charge in [-0.05, 0) is 103 Å². The molecule has 0 radical (unpaired) electrons. The highest BCUT2D eigenvalue weighted by Gasteiger charge is 2.50. The normalized spacial score (nSPS) is 16.9. The van der Waals surface area contributed by atoms with Crippen molar-refractivity contribution in [2.24, 2.45) is 22.7 Å². The molecule has 0 aliphatic heterocycles. The zero-order chi connectivity index (χ0) is 78.2. The molecule has 2 aromatic carbocycles. The number of oxazole rings is 2. The third-order valence-electron chi connectivity index (χ3n) is 22.4. The molecule has 590 valence electrons. The maximum atomic E-state index is 15.2. The lowest BCUT2D eigenvalue weighted by Gasteiger charge is -2.47. The molecule has 22 heteroatoms. The molecular weight excluding hydrogens is 1370 g/mol. The number of rotatable bonds is 48. The van der Waals surface area contributed by atoms with E-state index >= 15 is 4.79 Å². The van der Waals surface area contributed by atoms with Crippen molar-refractivity contribution < 1.29 is 79.4 Å². The molecule has 0 bridgehead atoms. The Morgan fingerprint density at radius 2 is 0.962 bits per heavy atom. The second-order valence-corrected chi connectivity index (χ2v) is 48.3. The topological polar surface area (TPSA) is 209 Å². The Balaban J connectivity index is 1.61. The molecule has 19 nitrogen and oxygen atoms in total. The lowest BCUT2D eigenvalue weighted by molar-refractivity contribution is -0.167. The van der Waals surface area contributed by atoms with E-state index in [0.717, 1.165) is 22.6 Å². The van der Waals surface area contributed by atoms with Gasteiger partial charge in [0.1, 0.15) is 53.7 Å². The molecule has 2 aromatic heterocycles. The van der Waals surface area contributed by atoms with Crippen molar-refractivity contribution in [3.8, 4) is 11.5 Å². The van der Waals surface area contributed by atoms with Gasteiger partial charge >= 0.3 is 5.97 Å². The number of hydrogen-bond donors (Lipinski definition) is 1. The number of methoxy groups -OCH3 is 7. The maximum absolute atomic E-state index is 15.2. The number of hydrogen-bond acceptors (Lipinski definition) is 19. The van der Waals surface area contributed by atoms with E-state index in [1.54, 1.807) is 68.4 Å². The third kappa shape index (κ3) is 27.8. The minimum absolute atomic E-state index is 0.00369. The summed E-state index contributed by atoms with van der Waals surface area (Å²) in [7, 11) is 4.25. The first-order valence-electron chi connectivity index (χ1n) is 37.3. The van der Waals surface area contributed by atoms with Crippen LogP contribution in [0.1, 0.15) is 189 Å². The number of nitrogens with zero attached hydrogens (tertiary/aromatic N) is 2. The molecule has 0 aliphatic carbocycles. The fraction of sp³-hybridized carbons (Fsp3) is 0.695. The predicted octanol–water partition coefficient (Wildman–Crippen LogP) is 18.7. The van der Waals surface area contributed by atoms with Gasteiger partial charge in [0, 0.05) is 90.3 Å². The van der Waals surface area contributed by atoms with Crippen LogP contribution in [0.3, 0.4) is 0 Å². The Kier molecular flexibility index (Phi) is 36.4. The van der Waals surface area contributed by atoms with Gasteiger partial charge < -0.3 is 74.6 Å². The van der Waals surface area contributed by atoms with E-state index in [1.165, 1.54) is 0 Å². The van der Waals surface area contributed by atoms with Crippen molar-refractivity contribution >= 4 is 30.9 Å². The van der Waals surface area contributed by atoms with E-state index < -0.39 is 90.6 Å². The quantitative estimate of drug-likeness (QED) is 0.0189. The van der Waals surface area contributed by atoms with Crippen LogP contribution in [0.5, 0.6) is 11.5 Å². The summed E-state index contributed by atoms with van der Waals surface area (Å²) < 4.78 is 94.9. The van der Waals surface area contributed by atoms with E-state index in [-0.39, 0.29) is 45.6 Å². The predicted molar refractivity (Wildman–Crippen MR) is 422 cm³/mol. The van der Waals surface area contributed by atoms with Crippen LogP contribution in [0.4, 0.5) is 0 Å². The molecular formula is C82H138N2O17Si3. The standard InChI is InChI=1S/C82H138N2O17Si3/c1-30-34-67(90-20)65-55-96-76(83-65)50-74(101-104(28,29)80(10,11)12)82(15,16)72(48-70(93-23)58(3)52-95-54-60-39-43-62(88-18)44-40-60)98-77(86)46-64(99-102(24,25)78(4,5)6)45-63(89-19)35-32-31-33-36-68(91-21)66-56-97-75(84-66)49-73(100-103(26,27)79(7,8)9)81(13,14)71(85)47-69(92-22)57(2)51-94-53-59-37-41-61(87-17)42-38-59/h30-33,35,37-44,55-58,63-64,67-74,85H,1,34,36,45-54H2,2-29H3/b33-31+,35-32+/t57-,58-,63-,64-,67-,68-,69-,70-,71-,72-,73-,74-/m0/s1. The maximum Gasteiger partial charge on any atom is 0.308 e. The highest BCUT2D eigenvalue weighted by molar-refractivity contribution is 6.75. The average Bonchev–Trinajstić information content (AvgIpc) is 1.05. The van der Waals surface area contributed by atoms with Crippen LogP contribution in [0.2, 0.25) is 54.4 Å². The molecule has 4 rings (SSSR count). The molecule has 0 aliphatic rings. The van der Waals surface area contributed by atoms with Gasteiger partial charge in [-0.2, -0.15) is 0 Å². The number of benzene rings is 2. The van der Waals surface area contributed by atoms with E-state index in [9.17, 15) is 5.11 Å². The average molecular weight is 1510 g/mol. The second kappa shape index (κ2) is 41.2. The Hall–Kier alpha value is -4.64. The highest BCUT2D eigenvalue weighted by atomic mass is 28.4. The summed E-state index contributed by atoms with van der Waals surface area (Å²) in [6.45, 7) is 51.4. The largest absolute Gasteiger partial charge is 0.497 e. The summed E-state index contributed by atoms with van der Waals surface area (Å²) in [5.41, 5.74) is 1.77. The zero-order valence-electron chi connectivity index (χ0n) is 69.2. The van der Waals surface area contributed by atoms with Crippen LogP contribution in [0, 0.1) is 22.7 Å². The minimum atomic E-state index is -2.53. The number of ether oxygens (including phenoxy) is 10. The van der Waals surface area contributed by atoms with Crippen LogP contribution in [0.15, 0.2) is 107 Å². The van der Waals surface area contributed by atoms with Gasteiger partial charge in [0.2, 0.25) is 0 Å². The van der Waals surface area contributed by atoms with Crippen molar-refractivity contribution in [2.75, 3.05) is 63.0 Å². The summed E-state index contributed by atoms with van der Waals surface area (Å²) in [4.78, 5) is 25.2. The van der Waals surface area contributed by atoms with Crippen LogP contribution >= 0.6 is 0 Å². The van der Waals surface area contributed by atoms with Crippen molar-refractivity contribution in [1.82, 2.24) is 9.97 Å². The van der Waals surface area contributed by atoms with Gasteiger partial charge in [0.15, 0.2) is 36.7 Å². The summed E-state index contributed by atoms with van der Waals surface area (Å²) in [6.07, 6.45) is 10.8. The monoisotopic (exact) mass is 1510 g/mol. The number of carbonyl (C=O) groups is 1. The molecule has 0 fully saturated rings. The minimum Gasteiger partial charge on any atom is -0.497 e. The Labute approximate surface area is 630 Å². The summed E-state index contributed by atoms with van der Waals surface area (Å²) in [6, 6.07) is 15.7. The fourth-order valence-corrected chi connectivity index (χ4v) is 15.8. The molecule has 1 N–H and O–H groups in total. The first kappa shape index (κ1) is 91.7. The first-order chi connectivity index (χ1) is 48.5. The molecule has 2 heterocycles. The van der Waals surface area contributed by atoms with Crippen molar-refractivity contribution in [2.45, 2.75) is 284 Å². The third-order valence-corrected chi connectivity index (χ3v) is 35.9. The van der Waals surface area contributed by atoms with Crippen molar-refractivity contribution in [3.63, 3.8) is 0 Å². The van der Waals surface area contributed by atoms with Gasteiger partial charge in [-0.25, -0.2) is 9.97 Å². The Bertz CT molecular complexity index is 3180. The summed E-state index contributed by atoms with van der Waals surface area (Å²) in [5, 5.41) is 11.8. The van der Waals surface area contributed by atoms with Gasteiger partial charge in [-0.1, -0.05) is 159 Å². The molecule has 0 amide bonds. The zero-order valence-corrected chi connectivity index (χ0v) is 72.2. The lowest BCUT2D eigenvalue weighted by Crippen LogP contribution is -2.53. The van der Waals surface area contributed by atoms with E-state index in [4.69, 9.17) is 79.4 Å². The highest BCUT2D eigenvalue weighted by Crippen LogP contribution is 2.46. The Morgan fingerprint density at radius 3 is 1.37 bits per heavy atom. The molecule has 0 saturated carbocycles. The number of esters is 1. The van der Waals surface area contributed by atoms with Crippen LogP contribution in [-0.2, 0) is 82.0 Å². The van der Waals surface area contributed by atoms with Gasteiger partial charge in [0.25, 0.3) is 0 Å². The second-order valence-electron chi connectivity index (χ2n) is 34.0. The molecule has 0 saturated heterocycles. The molecule has 0 unspecified atom stereocenters. The smallest absolute Gasteiger partial charge is 0.308 e. The van der Waals surface area contributed by atoms with Crippen LogP contribution in [-0.4, -0.2) is 158 Å². The molecule has 104 heavy (non-hydrogen) atoms. The van der Waals surface area contributed by atoms with E-state index in [2.05, 4.69) is 150 Å². The van der Waals surface area contributed by atoms with Gasteiger partial charge in [-0.3, -0.25) is 4.79 Å². The number of aromatic nitrogens is 2. The van der Waals surface area contributed by atoms with Crippen molar-refractivity contribution in [1.29, 1.82) is 0 Å². The van der Waals surface area contributed by atoms with Crippen molar-refractivity contribution in [3.05, 3.63) is 132 Å². The lowest BCUT2D eigenvalue weighted by atomic mass is 9.76. The summed E-state index contributed by atoms with van der Waals surface area (Å²) in [5.74, 6) is 2.04. The number of aliphatic hydroxyl groups excluding tert-OH is 1. The van der Waals surface area contributed by atoms with Crippen LogP contribution < -0.4 is 9.47 Å². The molecule has 12 atom stereocenters. The van der Waals surface area contributed by atoms with Crippen LogP contribution in [0.25, 0.3) is 0 Å². The molecule has 4 aromatic rings. The Morgan fingerprint density at radius 1 is 0.538 bits per heavy atom. The van der Waals surface area contributed by atoms with E-state index in [1.807, 2.05) is 72.8 Å². The summed E-state index contributed by atoms with van der Waals surface area (Å²) >= 11 is 0. The number of allylic oxidation sites excluding steroid dienone is 2. The fourth-order valence-electron chi connectivity index (χ4n) is 11.6. The number of carbonyl (C=O) groups excluding carboxylic acids is 1. The van der Waals surface area contributed by atoms with Gasteiger partial charge in [0.05, 0.1) is 89.8 Å². The SMILES string of the molecule is C=CC[C@H](OC)c1coc(C[C@H](O[Si](C)(C)C(C)(C)C)C(C)(C)[C@H](C[C@H](OC)[C@@H](C)COCc2ccc(OC)cc2)OC(=O)C[C@H](C[C@H](/C=C/C=C/C[C@H](OC)c2coc(C[C@H](O[Si](C)(C)C(C)(C)C)C(C)(C)[C@@H](O)C[C@H](OC)[C@@H](C)COCc3ccc(OC)cc3)n2)OC)O[Si](C)(C)C(C)(C)C)n1.